The number of nitrogens with zero attached hydrogens (tertiary/aromatic N) is 3. The molecule has 1 aromatic carbocycles. The van der Waals surface area contributed by atoms with Gasteiger partial charge in [0.15, 0.2) is 0 Å². The maximum Gasteiger partial charge on any atom is 0.247 e. The maximum absolute atomic E-state index is 11.8. The van der Waals surface area contributed by atoms with Crippen LogP contribution in [0.2, 0.25) is 0 Å². The number of anilines is 1. The van der Waals surface area contributed by atoms with E-state index < -0.39 is 0 Å². The Morgan fingerprint density at radius 2 is 2.08 bits per heavy atom. The molecule has 1 heterocycles. The first kappa shape index (κ1) is 18.5. The number of rotatable bonds is 8. The summed E-state index contributed by atoms with van der Waals surface area (Å²) >= 11 is 1.15. The Kier molecular flexibility index (Phi) is 7.02. The highest BCUT2D eigenvalue weighted by Gasteiger charge is 2.11. The molecule has 132 valence electrons. The van der Waals surface area contributed by atoms with Crippen LogP contribution in [-0.2, 0) is 16.0 Å². The van der Waals surface area contributed by atoms with Gasteiger partial charge >= 0.3 is 0 Å². The number of nitrogens with one attached hydrogen (secondary N) is 2. The second kappa shape index (κ2) is 9.48. The van der Waals surface area contributed by atoms with Crippen LogP contribution in [-0.4, -0.2) is 33.3 Å². The van der Waals surface area contributed by atoms with Gasteiger partial charge in [-0.1, -0.05) is 36.8 Å². The molecule has 3 N–H and O–H groups in total. The minimum absolute atomic E-state index is 0.000604. The lowest BCUT2D eigenvalue weighted by molar-refractivity contribution is -0.120. The highest BCUT2D eigenvalue weighted by molar-refractivity contribution is 7.15. The molecule has 0 bridgehead atoms. The predicted molar refractivity (Wildman–Crippen MR) is 95.6 cm³/mol. The Labute approximate surface area is 149 Å². The third-order valence-electron chi connectivity index (χ3n) is 3.11. The molecule has 0 aliphatic rings. The summed E-state index contributed by atoms with van der Waals surface area (Å²) in [5, 5.41) is 24.6. The highest BCUT2D eigenvalue weighted by Crippen LogP contribution is 2.16. The van der Waals surface area contributed by atoms with Gasteiger partial charge in [0, 0.05) is 12.0 Å². The lowest BCUT2D eigenvalue weighted by Crippen LogP contribution is -2.19. The van der Waals surface area contributed by atoms with Crippen molar-refractivity contribution in [2.24, 2.45) is 5.10 Å². The van der Waals surface area contributed by atoms with E-state index in [1.807, 2.05) is 6.92 Å². The molecule has 0 saturated heterocycles. The fourth-order valence-electron chi connectivity index (χ4n) is 1.84. The van der Waals surface area contributed by atoms with Gasteiger partial charge in [-0.25, -0.2) is 5.43 Å². The van der Waals surface area contributed by atoms with Gasteiger partial charge in [-0.3, -0.25) is 9.59 Å². The van der Waals surface area contributed by atoms with Gasteiger partial charge in [0.2, 0.25) is 16.9 Å². The molecule has 0 atom stereocenters. The zero-order valence-corrected chi connectivity index (χ0v) is 14.5. The van der Waals surface area contributed by atoms with E-state index in [-0.39, 0.29) is 24.0 Å². The Balaban J connectivity index is 1.81. The van der Waals surface area contributed by atoms with Crippen molar-refractivity contribution in [2.75, 3.05) is 5.32 Å². The van der Waals surface area contributed by atoms with Crippen molar-refractivity contribution in [3.8, 4) is 5.75 Å². The molecular formula is C16H19N5O3S. The van der Waals surface area contributed by atoms with Gasteiger partial charge in [-0.2, -0.15) is 5.10 Å². The fraction of sp³-hybridized carbons (Fsp3) is 0.312. The van der Waals surface area contributed by atoms with Gasteiger partial charge < -0.3 is 10.4 Å². The Morgan fingerprint density at radius 3 is 2.84 bits per heavy atom. The van der Waals surface area contributed by atoms with Crippen LogP contribution in [0.25, 0.3) is 0 Å². The smallest absolute Gasteiger partial charge is 0.247 e. The molecule has 9 heteroatoms. The second-order valence-corrected chi connectivity index (χ2v) is 6.24. The van der Waals surface area contributed by atoms with Gasteiger partial charge in [0.05, 0.1) is 12.6 Å². The van der Waals surface area contributed by atoms with Crippen molar-refractivity contribution >= 4 is 34.5 Å². The predicted octanol–water partition coefficient (Wildman–Crippen LogP) is 2.07. The van der Waals surface area contributed by atoms with E-state index in [9.17, 15) is 14.7 Å². The third-order valence-corrected chi connectivity index (χ3v) is 3.95. The molecule has 0 aliphatic carbocycles. The van der Waals surface area contributed by atoms with Gasteiger partial charge in [0.1, 0.15) is 10.8 Å². The van der Waals surface area contributed by atoms with Gasteiger partial charge in [-0.05, 0) is 18.6 Å². The van der Waals surface area contributed by atoms with Crippen LogP contribution in [0, 0.1) is 0 Å². The number of aromatic nitrogens is 2. The SMILES string of the molecule is CCCCC(=O)Nc1nnc(CC(=O)N/N=C\c2ccccc2O)s1. The van der Waals surface area contributed by atoms with Crippen LogP contribution in [0.15, 0.2) is 29.4 Å². The molecule has 2 aromatic rings. The number of benzene rings is 1. The van der Waals surface area contributed by atoms with E-state index in [0.717, 1.165) is 24.2 Å². The molecule has 0 aliphatic heterocycles. The van der Waals surface area contributed by atoms with Gasteiger partial charge in [-0.15, -0.1) is 10.2 Å². The minimum Gasteiger partial charge on any atom is -0.507 e. The maximum atomic E-state index is 11.8. The number of carbonyl (C=O) groups is 2. The zero-order valence-electron chi connectivity index (χ0n) is 13.7. The van der Waals surface area contributed by atoms with Crippen LogP contribution in [0.5, 0.6) is 5.75 Å². The average Bonchev–Trinajstić information content (AvgIpc) is 3.01. The van der Waals surface area contributed by atoms with Crippen LogP contribution in [0.4, 0.5) is 5.13 Å². The molecule has 0 fully saturated rings. The quantitative estimate of drug-likeness (QED) is 0.491. The van der Waals surface area contributed by atoms with E-state index in [1.54, 1.807) is 18.2 Å². The highest BCUT2D eigenvalue weighted by atomic mass is 32.1. The summed E-state index contributed by atoms with van der Waals surface area (Å²) in [7, 11) is 0. The average molecular weight is 361 g/mol. The van der Waals surface area contributed by atoms with Crippen LogP contribution < -0.4 is 10.7 Å². The van der Waals surface area contributed by atoms with Crippen molar-refractivity contribution in [3.05, 3.63) is 34.8 Å². The third kappa shape index (κ3) is 6.30. The Bertz CT molecular complexity index is 760. The number of hydrogen-bond donors (Lipinski definition) is 3. The lowest BCUT2D eigenvalue weighted by atomic mass is 10.2. The van der Waals surface area contributed by atoms with Crippen molar-refractivity contribution in [1.82, 2.24) is 15.6 Å². The second-order valence-electron chi connectivity index (χ2n) is 5.18. The van der Waals surface area contributed by atoms with E-state index >= 15 is 0 Å². The molecule has 25 heavy (non-hydrogen) atoms. The first-order valence-corrected chi connectivity index (χ1v) is 8.62. The molecule has 0 unspecified atom stereocenters. The van der Waals surface area contributed by atoms with Crippen molar-refractivity contribution < 1.29 is 14.7 Å². The summed E-state index contributed by atoms with van der Waals surface area (Å²) < 4.78 is 0. The van der Waals surface area contributed by atoms with Gasteiger partial charge in [0.25, 0.3) is 0 Å². The summed E-state index contributed by atoms with van der Waals surface area (Å²) in [5.41, 5.74) is 2.85. The molecule has 1 aromatic heterocycles. The number of hydrazone groups is 1. The van der Waals surface area contributed by atoms with E-state index in [4.69, 9.17) is 0 Å². The van der Waals surface area contributed by atoms with E-state index in [1.165, 1.54) is 12.3 Å². The van der Waals surface area contributed by atoms with Crippen molar-refractivity contribution in [2.45, 2.75) is 32.6 Å². The molecule has 0 spiro atoms. The number of amides is 2. The number of phenols is 1. The Hall–Kier alpha value is -2.81. The number of aromatic hydroxyl groups is 1. The molecule has 2 amide bonds. The largest absolute Gasteiger partial charge is 0.507 e. The van der Waals surface area contributed by atoms with Crippen LogP contribution in [0.3, 0.4) is 0 Å². The first-order valence-electron chi connectivity index (χ1n) is 7.80. The van der Waals surface area contributed by atoms with Crippen molar-refractivity contribution in [1.29, 1.82) is 0 Å². The number of carbonyl (C=O) groups excluding carboxylic acids is 2. The molecule has 0 radical (unpaired) electrons. The monoisotopic (exact) mass is 361 g/mol. The summed E-state index contributed by atoms with van der Waals surface area (Å²) in [6.07, 6.45) is 3.55. The summed E-state index contributed by atoms with van der Waals surface area (Å²) in [5.74, 6) is -0.402. The fourth-order valence-corrected chi connectivity index (χ4v) is 2.60. The normalized spacial score (nSPS) is 10.8. The minimum atomic E-state index is -0.369. The molecular weight excluding hydrogens is 342 g/mol. The Morgan fingerprint density at radius 1 is 1.28 bits per heavy atom. The standard InChI is InChI=1S/C16H19N5O3S/c1-2-3-8-13(23)18-16-21-20-15(25-16)9-14(24)19-17-10-11-6-4-5-7-12(11)22/h4-7,10,22H,2-3,8-9H2,1H3,(H,19,24)(H,18,21,23)/b17-10-. The van der Waals surface area contributed by atoms with Crippen molar-refractivity contribution in [3.63, 3.8) is 0 Å². The van der Waals surface area contributed by atoms with E-state index in [0.29, 0.717) is 22.1 Å². The van der Waals surface area contributed by atoms with Crippen LogP contribution in [0.1, 0.15) is 36.8 Å². The molecule has 8 nitrogen and oxygen atoms in total. The number of hydrogen-bond acceptors (Lipinski definition) is 7. The molecule has 2 rings (SSSR count). The summed E-state index contributed by atoms with van der Waals surface area (Å²) in [6.45, 7) is 2.01. The van der Waals surface area contributed by atoms with Crippen LogP contribution >= 0.6 is 11.3 Å². The zero-order chi connectivity index (χ0) is 18.1. The number of unbranched alkanes of at least 4 members (excludes halogenated alkanes) is 1. The molecule has 0 saturated carbocycles. The first-order chi connectivity index (χ1) is 12.1. The number of phenolic OH excluding ortho intramolecular Hbond substituents is 1. The topological polar surface area (TPSA) is 117 Å². The van der Waals surface area contributed by atoms with E-state index in [2.05, 4.69) is 26.0 Å². The number of para-hydroxylation sites is 1. The summed E-state index contributed by atoms with van der Waals surface area (Å²) in [4.78, 5) is 23.4. The lowest BCUT2D eigenvalue weighted by Gasteiger charge is -1.99. The summed E-state index contributed by atoms with van der Waals surface area (Å²) in [6, 6.07) is 6.64.